The van der Waals surface area contributed by atoms with Crippen LogP contribution in [0.25, 0.3) is 0 Å². The number of benzene rings is 1. The Morgan fingerprint density at radius 3 is 2.47 bits per heavy atom. The molecular weight excluding hydrogens is 344 g/mol. The first-order valence-corrected chi connectivity index (χ1v) is 7.57. The highest BCUT2D eigenvalue weighted by atomic mass is 79.9. The third-order valence-electron chi connectivity index (χ3n) is 2.55. The highest BCUT2D eigenvalue weighted by molar-refractivity contribution is 9.10. The molecule has 0 aliphatic heterocycles. The molecule has 0 atom stereocenters. The lowest BCUT2D eigenvalue weighted by molar-refractivity contribution is 0.126. The van der Waals surface area contributed by atoms with Crippen LogP contribution in [0.1, 0.15) is 11.1 Å². The van der Waals surface area contributed by atoms with E-state index in [-0.39, 0.29) is 11.5 Å². The smallest absolute Gasteiger partial charge is 0.252 e. The zero-order valence-corrected chi connectivity index (χ0v) is 12.8. The zero-order valence-electron chi connectivity index (χ0n) is 10.4. The minimum absolute atomic E-state index is 0.125. The molecule has 19 heavy (non-hydrogen) atoms. The highest BCUT2D eigenvalue weighted by Crippen LogP contribution is 2.29. The average Bonchev–Trinajstić information content (AvgIpc) is 2.31. The Morgan fingerprint density at radius 2 is 2.00 bits per heavy atom. The summed E-state index contributed by atoms with van der Waals surface area (Å²) < 4.78 is 49.9. The maximum Gasteiger partial charge on any atom is 0.252 e. The third-order valence-corrected chi connectivity index (χ3v) is 5.71. The van der Waals surface area contributed by atoms with Crippen LogP contribution in [-0.4, -0.2) is 37.8 Å². The maximum absolute atomic E-state index is 12.3. The molecular formula is C11H14BrF2NO3S. The van der Waals surface area contributed by atoms with Crippen molar-refractivity contribution in [3.8, 4) is 0 Å². The number of aryl methyl sites for hydroxylation is 1. The lowest BCUT2D eigenvalue weighted by Gasteiger charge is -2.19. The summed E-state index contributed by atoms with van der Waals surface area (Å²) in [5.74, 6) is 0. The van der Waals surface area contributed by atoms with Crippen LogP contribution in [0.5, 0.6) is 0 Å². The summed E-state index contributed by atoms with van der Waals surface area (Å²) in [5, 5.41) is 9.08. The highest BCUT2D eigenvalue weighted by Gasteiger charge is 2.26. The number of hydrogen-bond acceptors (Lipinski definition) is 3. The van der Waals surface area contributed by atoms with Crippen molar-refractivity contribution in [2.75, 3.05) is 13.6 Å². The van der Waals surface area contributed by atoms with Gasteiger partial charge in [0.2, 0.25) is 10.0 Å². The van der Waals surface area contributed by atoms with Gasteiger partial charge in [-0.2, -0.15) is 4.31 Å². The number of nitrogens with zero attached hydrogens (tertiary/aromatic N) is 1. The second kappa shape index (κ2) is 6.25. The van der Waals surface area contributed by atoms with E-state index in [1.54, 1.807) is 13.0 Å². The fraction of sp³-hybridized carbons (Fsp3) is 0.455. The number of sulfonamides is 1. The Balaban J connectivity index is 3.32. The molecule has 8 heteroatoms. The molecule has 108 valence electrons. The van der Waals surface area contributed by atoms with Gasteiger partial charge >= 0.3 is 0 Å². The van der Waals surface area contributed by atoms with Crippen LogP contribution >= 0.6 is 15.9 Å². The number of halogens is 3. The van der Waals surface area contributed by atoms with Gasteiger partial charge in [-0.1, -0.05) is 6.07 Å². The standard InChI is InChI=1S/C11H14BrF2NO3S/c1-7-3-8(6-16)4-9(11(7)12)19(17,18)15(2)5-10(13)14/h3-4,10,16H,5-6H2,1-2H3. The van der Waals surface area contributed by atoms with Gasteiger partial charge in [-0.05, 0) is 40.0 Å². The Bertz CT molecular complexity index is 563. The van der Waals surface area contributed by atoms with E-state index in [1.165, 1.54) is 6.07 Å². The quantitative estimate of drug-likeness (QED) is 0.878. The molecule has 1 N–H and O–H groups in total. The van der Waals surface area contributed by atoms with Crippen molar-refractivity contribution in [2.24, 2.45) is 0 Å². The normalized spacial score (nSPS) is 12.4. The van der Waals surface area contributed by atoms with Crippen molar-refractivity contribution in [3.63, 3.8) is 0 Å². The molecule has 0 heterocycles. The minimum Gasteiger partial charge on any atom is -0.392 e. The van der Waals surface area contributed by atoms with Gasteiger partial charge in [0.25, 0.3) is 6.43 Å². The van der Waals surface area contributed by atoms with Crippen LogP contribution in [0.4, 0.5) is 8.78 Å². The Kier molecular flexibility index (Phi) is 5.43. The summed E-state index contributed by atoms with van der Waals surface area (Å²) in [6, 6.07) is 2.89. The molecule has 0 fully saturated rings. The molecule has 0 aromatic heterocycles. The van der Waals surface area contributed by atoms with Crippen LogP contribution in [0.15, 0.2) is 21.5 Å². The van der Waals surface area contributed by atoms with Gasteiger partial charge in [0.05, 0.1) is 18.0 Å². The summed E-state index contributed by atoms with van der Waals surface area (Å²) in [7, 11) is -2.93. The summed E-state index contributed by atoms with van der Waals surface area (Å²) in [5.41, 5.74) is 1.01. The number of hydrogen-bond donors (Lipinski definition) is 1. The molecule has 1 aromatic carbocycles. The Morgan fingerprint density at radius 1 is 1.42 bits per heavy atom. The fourth-order valence-corrected chi connectivity index (χ4v) is 3.72. The van der Waals surface area contributed by atoms with Crippen LogP contribution < -0.4 is 0 Å². The average molecular weight is 358 g/mol. The van der Waals surface area contributed by atoms with Crippen molar-refractivity contribution in [1.29, 1.82) is 0 Å². The molecule has 0 radical (unpaired) electrons. The predicted molar refractivity (Wildman–Crippen MR) is 70.6 cm³/mol. The van der Waals surface area contributed by atoms with Gasteiger partial charge in [0.15, 0.2) is 0 Å². The van der Waals surface area contributed by atoms with Crippen LogP contribution in [0, 0.1) is 6.92 Å². The third kappa shape index (κ3) is 3.71. The van der Waals surface area contributed by atoms with Crippen molar-refractivity contribution in [1.82, 2.24) is 4.31 Å². The van der Waals surface area contributed by atoms with Gasteiger partial charge in [-0.3, -0.25) is 0 Å². The molecule has 0 bridgehead atoms. The lowest BCUT2D eigenvalue weighted by atomic mass is 10.1. The predicted octanol–water partition coefficient (Wildman–Crippen LogP) is 2.14. The summed E-state index contributed by atoms with van der Waals surface area (Å²) >= 11 is 3.14. The molecule has 0 aliphatic carbocycles. The molecule has 0 saturated carbocycles. The van der Waals surface area contributed by atoms with E-state index >= 15 is 0 Å². The minimum atomic E-state index is -4.02. The van der Waals surface area contributed by atoms with Crippen molar-refractivity contribution in [2.45, 2.75) is 24.9 Å². The lowest BCUT2D eigenvalue weighted by Crippen LogP contribution is -2.31. The van der Waals surface area contributed by atoms with Gasteiger partial charge in [0.1, 0.15) is 0 Å². The summed E-state index contributed by atoms with van der Waals surface area (Å²) in [6.45, 7) is 0.460. The molecule has 0 unspecified atom stereocenters. The fourth-order valence-electron chi connectivity index (χ4n) is 1.55. The SMILES string of the molecule is Cc1cc(CO)cc(S(=O)(=O)N(C)CC(F)F)c1Br. The molecule has 0 amide bonds. The van der Waals surface area contributed by atoms with Gasteiger partial charge in [0, 0.05) is 11.5 Å². The van der Waals surface area contributed by atoms with Crippen LogP contribution in [-0.2, 0) is 16.6 Å². The van der Waals surface area contributed by atoms with Crippen molar-refractivity contribution >= 4 is 26.0 Å². The number of alkyl halides is 2. The second-order valence-electron chi connectivity index (χ2n) is 4.06. The molecule has 4 nitrogen and oxygen atoms in total. The first-order valence-electron chi connectivity index (χ1n) is 5.34. The van der Waals surface area contributed by atoms with E-state index in [9.17, 15) is 17.2 Å². The second-order valence-corrected chi connectivity index (χ2v) is 6.87. The molecule has 0 spiro atoms. The van der Waals surface area contributed by atoms with E-state index in [0.29, 0.717) is 19.9 Å². The molecule has 1 aromatic rings. The van der Waals surface area contributed by atoms with E-state index in [1.807, 2.05) is 0 Å². The number of aliphatic hydroxyl groups is 1. The maximum atomic E-state index is 12.3. The summed E-state index contributed by atoms with van der Waals surface area (Å²) in [6.07, 6.45) is -2.75. The topological polar surface area (TPSA) is 57.6 Å². The number of aliphatic hydroxyl groups excluding tert-OH is 1. The van der Waals surface area contributed by atoms with Gasteiger partial charge in [-0.25, -0.2) is 17.2 Å². The van der Waals surface area contributed by atoms with Gasteiger partial charge < -0.3 is 5.11 Å². The Hall–Kier alpha value is -0.570. The van der Waals surface area contributed by atoms with E-state index in [0.717, 1.165) is 7.05 Å². The first kappa shape index (κ1) is 16.5. The molecule has 0 aliphatic rings. The zero-order chi connectivity index (χ0) is 14.8. The number of rotatable bonds is 5. The molecule has 1 rings (SSSR count). The largest absolute Gasteiger partial charge is 0.392 e. The van der Waals surface area contributed by atoms with Crippen molar-refractivity contribution in [3.05, 3.63) is 27.7 Å². The van der Waals surface area contributed by atoms with Gasteiger partial charge in [-0.15, -0.1) is 0 Å². The summed E-state index contributed by atoms with van der Waals surface area (Å²) in [4.78, 5) is -0.125. The Labute approximate surface area is 119 Å². The van der Waals surface area contributed by atoms with E-state index < -0.39 is 23.0 Å². The molecule has 0 saturated heterocycles. The monoisotopic (exact) mass is 357 g/mol. The van der Waals surface area contributed by atoms with E-state index in [2.05, 4.69) is 15.9 Å². The van der Waals surface area contributed by atoms with Crippen LogP contribution in [0.3, 0.4) is 0 Å². The van der Waals surface area contributed by atoms with Crippen molar-refractivity contribution < 1.29 is 22.3 Å². The van der Waals surface area contributed by atoms with Crippen LogP contribution in [0.2, 0.25) is 0 Å². The van der Waals surface area contributed by atoms with E-state index in [4.69, 9.17) is 5.11 Å². The first-order chi connectivity index (χ1) is 8.70.